The number of aromatic nitrogens is 3. The van der Waals surface area contributed by atoms with Crippen LogP contribution in [0.3, 0.4) is 0 Å². The Bertz CT molecular complexity index is 1230. The predicted octanol–water partition coefficient (Wildman–Crippen LogP) is 2.39. The van der Waals surface area contributed by atoms with Crippen molar-refractivity contribution in [2.45, 2.75) is 19.6 Å². The summed E-state index contributed by atoms with van der Waals surface area (Å²) < 4.78 is 21.6. The third kappa shape index (κ3) is 5.09. The highest BCUT2D eigenvalue weighted by molar-refractivity contribution is 5.90. The molecular weight excluding hydrogens is 449 g/mol. The molecule has 13 heteroatoms. The number of amides is 2. The molecule has 1 saturated heterocycles. The molecule has 0 spiro atoms. The first kappa shape index (κ1) is 22.6. The quantitative estimate of drug-likeness (QED) is 0.378. The number of cyclic esters (lactones) is 1. The van der Waals surface area contributed by atoms with Gasteiger partial charge in [0.15, 0.2) is 0 Å². The van der Waals surface area contributed by atoms with Gasteiger partial charge in [0.25, 0.3) is 5.69 Å². The molecule has 2 amide bonds. The molecule has 4 rings (SSSR count). The second kappa shape index (κ2) is 9.52. The van der Waals surface area contributed by atoms with E-state index in [9.17, 15) is 24.1 Å². The first-order valence-corrected chi connectivity index (χ1v) is 10.2. The van der Waals surface area contributed by atoms with E-state index in [1.54, 1.807) is 12.3 Å². The third-order valence-electron chi connectivity index (χ3n) is 5.02. The minimum Gasteiger partial charge on any atom is -0.442 e. The molecule has 12 nitrogen and oxygen atoms in total. The third-order valence-corrected chi connectivity index (χ3v) is 5.02. The maximum Gasteiger partial charge on any atom is 0.414 e. The Morgan fingerprint density at radius 3 is 2.82 bits per heavy atom. The maximum atomic E-state index is 14.9. The van der Waals surface area contributed by atoms with Gasteiger partial charge < -0.3 is 19.9 Å². The average molecular weight is 469 g/mol. The lowest BCUT2D eigenvalue weighted by molar-refractivity contribution is -0.385. The van der Waals surface area contributed by atoms with Crippen LogP contribution in [0.2, 0.25) is 0 Å². The molecule has 0 bridgehead atoms. The van der Waals surface area contributed by atoms with Gasteiger partial charge in [0, 0.05) is 19.2 Å². The number of anilines is 2. The van der Waals surface area contributed by atoms with Crippen LogP contribution in [-0.4, -0.2) is 50.7 Å². The summed E-state index contributed by atoms with van der Waals surface area (Å²) in [7, 11) is 0. The van der Waals surface area contributed by atoms with Crippen molar-refractivity contribution >= 4 is 29.2 Å². The standard InChI is InChI=1S/C21H20FN7O5/c1-13(30)23-9-17-11-28(21(31)34-17)15-2-4-19(18(22)6-15)27-10-14(26-12-27)7-24-20-5-3-16(8-25-20)29(32)33/h2-6,8,10,12,17H,7,9,11H2,1H3,(H,23,30)(H,24,25)/t17-/m0/s1. The maximum absolute atomic E-state index is 14.9. The second-order valence-corrected chi connectivity index (χ2v) is 7.47. The highest BCUT2D eigenvalue weighted by Crippen LogP contribution is 2.25. The van der Waals surface area contributed by atoms with Crippen molar-refractivity contribution in [1.82, 2.24) is 19.9 Å². The van der Waals surface area contributed by atoms with E-state index < -0.39 is 22.9 Å². The van der Waals surface area contributed by atoms with Gasteiger partial charge in [-0.25, -0.2) is 19.2 Å². The lowest BCUT2D eigenvalue weighted by Crippen LogP contribution is -2.33. The minimum absolute atomic E-state index is 0.112. The molecule has 2 aromatic heterocycles. The van der Waals surface area contributed by atoms with Crippen molar-refractivity contribution in [3.63, 3.8) is 0 Å². The van der Waals surface area contributed by atoms with E-state index in [2.05, 4.69) is 20.6 Å². The highest BCUT2D eigenvalue weighted by atomic mass is 19.1. The smallest absolute Gasteiger partial charge is 0.414 e. The van der Waals surface area contributed by atoms with Crippen LogP contribution >= 0.6 is 0 Å². The number of imidazole rings is 1. The van der Waals surface area contributed by atoms with Crippen LogP contribution < -0.4 is 15.5 Å². The molecule has 1 aromatic carbocycles. The number of carbonyl (C=O) groups excluding carboxylic acids is 2. The number of nitrogens with zero attached hydrogens (tertiary/aromatic N) is 5. The Hall–Kier alpha value is -4.55. The van der Waals surface area contributed by atoms with Crippen LogP contribution in [0.5, 0.6) is 0 Å². The highest BCUT2D eigenvalue weighted by Gasteiger charge is 2.32. The fraction of sp³-hybridized carbons (Fsp3) is 0.238. The van der Waals surface area contributed by atoms with E-state index in [1.807, 2.05) is 0 Å². The van der Waals surface area contributed by atoms with Gasteiger partial charge in [0.05, 0.1) is 48.0 Å². The van der Waals surface area contributed by atoms with E-state index in [0.717, 1.165) is 6.20 Å². The van der Waals surface area contributed by atoms with E-state index in [4.69, 9.17) is 4.74 Å². The number of halogens is 1. The van der Waals surface area contributed by atoms with Crippen LogP contribution in [0.15, 0.2) is 49.1 Å². The largest absolute Gasteiger partial charge is 0.442 e. The van der Waals surface area contributed by atoms with E-state index in [-0.39, 0.29) is 36.9 Å². The van der Waals surface area contributed by atoms with Gasteiger partial charge in [-0.3, -0.25) is 19.8 Å². The molecule has 1 fully saturated rings. The number of benzene rings is 1. The monoisotopic (exact) mass is 469 g/mol. The van der Waals surface area contributed by atoms with Crippen LogP contribution in [0.4, 0.5) is 26.4 Å². The first-order chi connectivity index (χ1) is 16.3. The molecule has 2 N–H and O–H groups in total. The molecule has 34 heavy (non-hydrogen) atoms. The van der Waals surface area contributed by atoms with Crippen molar-refractivity contribution in [2.75, 3.05) is 23.3 Å². The number of carbonyl (C=O) groups is 2. The molecule has 0 unspecified atom stereocenters. The number of nitrogens with one attached hydrogen (secondary N) is 2. The molecule has 0 radical (unpaired) electrons. The van der Waals surface area contributed by atoms with Gasteiger partial charge >= 0.3 is 6.09 Å². The van der Waals surface area contributed by atoms with Crippen molar-refractivity contribution in [3.8, 4) is 5.69 Å². The summed E-state index contributed by atoms with van der Waals surface area (Å²) in [6.45, 7) is 2.01. The van der Waals surface area contributed by atoms with E-state index in [1.165, 1.54) is 47.0 Å². The van der Waals surface area contributed by atoms with Gasteiger partial charge in [-0.1, -0.05) is 0 Å². The molecule has 0 aliphatic carbocycles. The molecule has 176 valence electrons. The Morgan fingerprint density at radius 1 is 1.32 bits per heavy atom. The average Bonchev–Trinajstić information content (AvgIpc) is 3.43. The molecule has 1 aliphatic heterocycles. The molecule has 1 atom stereocenters. The Labute approximate surface area is 192 Å². The summed E-state index contributed by atoms with van der Waals surface area (Å²) in [6.07, 6.45) is 3.10. The number of rotatable bonds is 8. The first-order valence-electron chi connectivity index (χ1n) is 10.2. The zero-order valence-corrected chi connectivity index (χ0v) is 18.0. The minimum atomic E-state index is -0.613. The predicted molar refractivity (Wildman–Crippen MR) is 118 cm³/mol. The lowest BCUT2D eigenvalue weighted by Gasteiger charge is -2.14. The Morgan fingerprint density at radius 2 is 2.15 bits per heavy atom. The van der Waals surface area contributed by atoms with Crippen molar-refractivity contribution in [3.05, 3.63) is 70.7 Å². The number of nitro groups is 1. The zero-order valence-electron chi connectivity index (χ0n) is 18.0. The van der Waals surface area contributed by atoms with Crippen LogP contribution in [0.1, 0.15) is 12.6 Å². The lowest BCUT2D eigenvalue weighted by atomic mass is 10.2. The van der Waals surface area contributed by atoms with Crippen LogP contribution in [0, 0.1) is 15.9 Å². The molecule has 0 saturated carbocycles. The van der Waals surface area contributed by atoms with Crippen molar-refractivity contribution in [2.24, 2.45) is 0 Å². The molecule has 3 aromatic rings. The Kier molecular flexibility index (Phi) is 6.34. The fourth-order valence-corrected chi connectivity index (χ4v) is 3.34. The number of hydrogen-bond donors (Lipinski definition) is 2. The van der Waals surface area contributed by atoms with Gasteiger partial charge in [0.1, 0.15) is 23.9 Å². The topological polar surface area (TPSA) is 145 Å². The van der Waals surface area contributed by atoms with E-state index >= 15 is 0 Å². The summed E-state index contributed by atoms with van der Waals surface area (Å²) in [4.78, 5) is 42.9. The van der Waals surface area contributed by atoms with Crippen molar-refractivity contribution in [1.29, 1.82) is 0 Å². The van der Waals surface area contributed by atoms with E-state index in [0.29, 0.717) is 17.2 Å². The molecule has 1 aliphatic rings. The Balaban J connectivity index is 1.40. The summed E-state index contributed by atoms with van der Waals surface area (Å²) in [5, 5.41) is 16.3. The van der Waals surface area contributed by atoms with Gasteiger partial charge in [0.2, 0.25) is 5.91 Å². The second-order valence-electron chi connectivity index (χ2n) is 7.47. The van der Waals surface area contributed by atoms with Crippen molar-refractivity contribution < 1.29 is 23.6 Å². The fourth-order valence-electron chi connectivity index (χ4n) is 3.34. The summed E-state index contributed by atoms with van der Waals surface area (Å²) in [5.41, 5.74) is 1.05. The van der Waals surface area contributed by atoms with Crippen LogP contribution in [0.25, 0.3) is 5.69 Å². The molecular formula is C21H20FN7O5. The van der Waals surface area contributed by atoms with Gasteiger partial charge in [-0.2, -0.15) is 0 Å². The number of pyridine rings is 1. The number of ether oxygens (including phenoxy) is 1. The summed E-state index contributed by atoms with van der Waals surface area (Å²) in [6, 6.07) is 7.17. The molecule has 3 heterocycles. The zero-order chi connectivity index (χ0) is 24.2. The summed E-state index contributed by atoms with van der Waals surface area (Å²) in [5.74, 6) is -0.363. The normalized spacial score (nSPS) is 15.2. The summed E-state index contributed by atoms with van der Waals surface area (Å²) >= 11 is 0. The van der Waals surface area contributed by atoms with Crippen LogP contribution in [-0.2, 0) is 16.1 Å². The van der Waals surface area contributed by atoms with Gasteiger partial charge in [-0.15, -0.1) is 0 Å². The SMILES string of the molecule is CC(=O)NC[C@H]1CN(c2ccc(-n3cnc(CNc4ccc([N+](=O)[O-])cn4)c3)c(F)c2)C(=O)O1. The number of hydrogen-bond acceptors (Lipinski definition) is 8. The van der Waals surface area contributed by atoms with Gasteiger partial charge in [-0.05, 0) is 24.3 Å².